The van der Waals surface area contributed by atoms with Crippen LogP contribution in [0.1, 0.15) is 5.56 Å². The summed E-state index contributed by atoms with van der Waals surface area (Å²) in [5.74, 6) is -0.351. The zero-order chi connectivity index (χ0) is 12.2. The topological polar surface area (TPSA) is 89.3 Å². The highest BCUT2D eigenvalue weighted by atomic mass is 32.2. The summed E-state index contributed by atoms with van der Waals surface area (Å²) in [6, 6.07) is 6.37. The summed E-state index contributed by atoms with van der Waals surface area (Å²) >= 11 is 0. The number of nitrogens with two attached hydrogens (primary N) is 1. The number of hydrogen-bond donors (Lipinski definition) is 2. The number of sulfonamides is 1. The molecule has 0 heterocycles. The lowest BCUT2D eigenvalue weighted by atomic mass is 10.2. The summed E-state index contributed by atoms with van der Waals surface area (Å²) < 4.78 is 25.5. The predicted molar refractivity (Wildman–Crippen MR) is 60.4 cm³/mol. The fraction of sp³-hybridized carbons (Fsp3) is 0.300. The van der Waals surface area contributed by atoms with E-state index in [2.05, 4.69) is 4.72 Å². The lowest BCUT2D eigenvalue weighted by Crippen LogP contribution is -2.32. The fourth-order valence-corrected chi connectivity index (χ4v) is 2.06. The second kappa shape index (κ2) is 5.20. The van der Waals surface area contributed by atoms with Gasteiger partial charge in [-0.2, -0.15) is 0 Å². The Morgan fingerprint density at radius 2 is 1.88 bits per heavy atom. The number of Topliss-reactive ketones (excluding diaryl/α,β-unsaturated/α-hetero) is 1. The first kappa shape index (κ1) is 12.8. The molecule has 0 aliphatic rings. The first-order valence-corrected chi connectivity index (χ1v) is 6.22. The average molecular weight is 242 g/mol. The van der Waals surface area contributed by atoms with Gasteiger partial charge in [-0.15, -0.1) is 0 Å². The summed E-state index contributed by atoms with van der Waals surface area (Å²) in [6.45, 7) is 1.42. The molecule has 0 aromatic heterocycles. The Balaban J connectivity index is 2.78. The molecule has 0 saturated carbocycles. The van der Waals surface area contributed by atoms with Gasteiger partial charge >= 0.3 is 0 Å². The molecular weight excluding hydrogens is 228 g/mol. The number of hydrogen-bond acceptors (Lipinski definition) is 4. The zero-order valence-electron chi connectivity index (χ0n) is 8.93. The van der Waals surface area contributed by atoms with Gasteiger partial charge in [0.25, 0.3) is 0 Å². The van der Waals surface area contributed by atoms with Gasteiger partial charge in [0.1, 0.15) is 0 Å². The largest absolute Gasteiger partial charge is 0.324 e. The number of carbonyl (C=O) groups is 1. The van der Waals surface area contributed by atoms with Gasteiger partial charge < -0.3 is 5.73 Å². The maximum Gasteiger partial charge on any atom is 0.240 e. The standard InChI is InChI=1S/C10H14N2O3S/c1-8-2-4-10(5-3-8)16(14,15)12-7-9(13)6-11/h2-5,12H,6-7,11H2,1H3. The second-order valence-corrected chi connectivity index (χ2v) is 5.15. The number of ketones is 1. The smallest absolute Gasteiger partial charge is 0.240 e. The molecule has 0 spiro atoms. The van der Waals surface area contributed by atoms with E-state index < -0.39 is 10.0 Å². The molecule has 0 aliphatic carbocycles. The van der Waals surface area contributed by atoms with Crippen LogP contribution >= 0.6 is 0 Å². The maximum absolute atomic E-state index is 11.7. The molecule has 5 nitrogen and oxygen atoms in total. The fourth-order valence-electron chi connectivity index (χ4n) is 1.05. The van der Waals surface area contributed by atoms with E-state index >= 15 is 0 Å². The summed E-state index contributed by atoms with van der Waals surface area (Å²) in [5, 5.41) is 0. The zero-order valence-corrected chi connectivity index (χ0v) is 9.75. The van der Waals surface area contributed by atoms with Gasteiger partial charge in [0.2, 0.25) is 10.0 Å². The number of nitrogens with one attached hydrogen (secondary N) is 1. The van der Waals surface area contributed by atoms with Crippen LogP contribution in [0.25, 0.3) is 0 Å². The van der Waals surface area contributed by atoms with Crippen molar-refractivity contribution in [2.45, 2.75) is 11.8 Å². The predicted octanol–water partition coefficient (Wildman–Crippen LogP) is -0.199. The van der Waals surface area contributed by atoms with Crippen LogP contribution in [0, 0.1) is 6.92 Å². The van der Waals surface area contributed by atoms with E-state index in [4.69, 9.17) is 5.73 Å². The van der Waals surface area contributed by atoms with Gasteiger partial charge in [0.05, 0.1) is 18.0 Å². The monoisotopic (exact) mass is 242 g/mol. The minimum absolute atomic E-state index is 0.142. The molecule has 0 bridgehead atoms. The molecule has 1 rings (SSSR count). The van der Waals surface area contributed by atoms with Gasteiger partial charge in [-0.3, -0.25) is 4.79 Å². The third-order valence-corrected chi connectivity index (χ3v) is 3.44. The lowest BCUT2D eigenvalue weighted by Gasteiger charge is -2.05. The number of benzene rings is 1. The Labute approximate surface area is 94.7 Å². The minimum Gasteiger partial charge on any atom is -0.324 e. The molecule has 0 fully saturated rings. The van der Waals surface area contributed by atoms with Crippen LogP contribution in [0.4, 0.5) is 0 Å². The molecule has 88 valence electrons. The quantitative estimate of drug-likeness (QED) is 0.748. The molecule has 0 amide bonds. The van der Waals surface area contributed by atoms with E-state index in [1.165, 1.54) is 12.1 Å². The van der Waals surface area contributed by atoms with Crippen molar-refractivity contribution < 1.29 is 13.2 Å². The van der Waals surface area contributed by atoms with Crippen LogP contribution < -0.4 is 10.5 Å². The molecular formula is C10H14N2O3S. The van der Waals surface area contributed by atoms with Crippen molar-refractivity contribution in [3.05, 3.63) is 29.8 Å². The van der Waals surface area contributed by atoms with E-state index in [0.29, 0.717) is 0 Å². The van der Waals surface area contributed by atoms with Crippen LogP contribution in [0.5, 0.6) is 0 Å². The summed E-state index contributed by atoms with van der Waals surface area (Å²) in [4.78, 5) is 11.0. The van der Waals surface area contributed by atoms with Crippen LogP contribution in [0.3, 0.4) is 0 Å². The highest BCUT2D eigenvalue weighted by molar-refractivity contribution is 7.89. The van der Waals surface area contributed by atoms with Crippen molar-refractivity contribution in [1.29, 1.82) is 0 Å². The van der Waals surface area contributed by atoms with Crippen molar-refractivity contribution in [3.8, 4) is 0 Å². The second-order valence-electron chi connectivity index (χ2n) is 3.38. The van der Waals surface area contributed by atoms with Crippen LogP contribution in [-0.4, -0.2) is 27.3 Å². The molecule has 0 aliphatic heterocycles. The molecule has 16 heavy (non-hydrogen) atoms. The van der Waals surface area contributed by atoms with Gasteiger partial charge in [-0.1, -0.05) is 17.7 Å². The van der Waals surface area contributed by atoms with E-state index in [1.54, 1.807) is 12.1 Å². The van der Waals surface area contributed by atoms with Gasteiger partial charge in [0, 0.05) is 0 Å². The van der Waals surface area contributed by atoms with Gasteiger partial charge in [0.15, 0.2) is 5.78 Å². The van der Waals surface area contributed by atoms with Crippen molar-refractivity contribution in [2.24, 2.45) is 5.73 Å². The maximum atomic E-state index is 11.7. The average Bonchev–Trinajstić information content (AvgIpc) is 2.26. The van der Waals surface area contributed by atoms with Crippen molar-refractivity contribution in [3.63, 3.8) is 0 Å². The molecule has 0 atom stereocenters. The Morgan fingerprint density at radius 1 is 1.31 bits per heavy atom. The molecule has 3 N–H and O–H groups in total. The highest BCUT2D eigenvalue weighted by Gasteiger charge is 2.14. The van der Waals surface area contributed by atoms with Gasteiger partial charge in [-0.25, -0.2) is 13.1 Å². The van der Waals surface area contributed by atoms with Gasteiger partial charge in [-0.05, 0) is 19.1 Å². The molecule has 0 unspecified atom stereocenters. The summed E-state index contributed by atoms with van der Waals surface area (Å²) in [5.41, 5.74) is 6.05. The molecule has 1 aromatic rings. The third kappa shape index (κ3) is 3.41. The third-order valence-electron chi connectivity index (χ3n) is 2.02. The van der Waals surface area contributed by atoms with Crippen molar-refractivity contribution in [2.75, 3.05) is 13.1 Å². The Morgan fingerprint density at radius 3 is 2.38 bits per heavy atom. The van der Waals surface area contributed by atoms with Crippen LogP contribution in [0.15, 0.2) is 29.2 Å². The summed E-state index contributed by atoms with van der Waals surface area (Å²) in [7, 11) is -3.61. The first-order chi connectivity index (χ1) is 7.45. The summed E-state index contributed by atoms with van der Waals surface area (Å²) in [6.07, 6.45) is 0. The molecule has 1 aromatic carbocycles. The number of carbonyl (C=O) groups excluding carboxylic acids is 1. The number of aryl methyl sites for hydroxylation is 1. The highest BCUT2D eigenvalue weighted by Crippen LogP contribution is 2.09. The Bertz CT molecular complexity index is 465. The van der Waals surface area contributed by atoms with Crippen molar-refractivity contribution in [1.82, 2.24) is 4.72 Å². The normalized spacial score (nSPS) is 11.4. The van der Waals surface area contributed by atoms with E-state index in [-0.39, 0.29) is 23.8 Å². The van der Waals surface area contributed by atoms with Crippen LogP contribution in [-0.2, 0) is 14.8 Å². The molecule has 0 radical (unpaired) electrons. The van der Waals surface area contributed by atoms with E-state index in [9.17, 15) is 13.2 Å². The SMILES string of the molecule is Cc1ccc(S(=O)(=O)NCC(=O)CN)cc1. The Kier molecular flexibility index (Phi) is 4.17. The minimum atomic E-state index is -3.61. The van der Waals surface area contributed by atoms with E-state index in [0.717, 1.165) is 5.56 Å². The Hall–Kier alpha value is -1.24. The number of rotatable bonds is 5. The van der Waals surface area contributed by atoms with E-state index in [1.807, 2.05) is 6.92 Å². The lowest BCUT2D eigenvalue weighted by molar-refractivity contribution is -0.116. The van der Waals surface area contributed by atoms with Crippen molar-refractivity contribution >= 4 is 15.8 Å². The first-order valence-electron chi connectivity index (χ1n) is 4.74. The molecule has 6 heteroatoms. The van der Waals surface area contributed by atoms with Crippen LogP contribution in [0.2, 0.25) is 0 Å². The molecule has 0 saturated heterocycles.